The van der Waals surface area contributed by atoms with Crippen molar-refractivity contribution in [2.75, 3.05) is 13.2 Å². The molecule has 4 nitrogen and oxygen atoms in total. The summed E-state index contributed by atoms with van der Waals surface area (Å²) in [6, 6.07) is 35.5. The molecule has 0 unspecified atom stereocenters. The van der Waals surface area contributed by atoms with Crippen LogP contribution in [0.4, 0.5) is 0 Å². The fourth-order valence-corrected chi connectivity index (χ4v) is 4.07. The Morgan fingerprint density at radius 1 is 0.730 bits per heavy atom. The maximum Gasteiger partial charge on any atom is 0.337 e. The Bertz CT molecular complexity index is 1420. The number of carbonyl (C=O) groups is 2. The van der Waals surface area contributed by atoms with Crippen molar-refractivity contribution in [3.8, 4) is 22.3 Å². The molecule has 0 saturated carbocycles. The van der Waals surface area contributed by atoms with Gasteiger partial charge in [-0.15, -0.1) is 23.8 Å². The molecule has 0 fully saturated rings. The van der Waals surface area contributed by atoms with E-state index in [1.807, 2.05) is 91.9 Å². The topological polar surface area (TPSA) is 52.6 Å². The van der Waals surface area contributed by atoms with E-state index in [4.69, 9.17) is 9.47 Å². The molecule has 0 heterocycles. The van der Waals surface area contributed by atoms with Crippen LogP contribution in [0.1, 0.15) is 34.6 Å². The van der Waals surface area contributed by atoms with E-state index in [1.54, 1.807) is 19.1 Å². The zero-order chi connectivity index (χ0) is 25.3. The molecule has 37 heavy (non-hydrogen) atoms. The zero-order valence-corrected chi connectivity index (χ0v) is 21.9. The predicted molar refractivity (Wildman–Crippen MR) is 144 cm³/mol. The van der Waals surface area contributed by atoms with Gasteiger partial charge in [0.1, 0.15) is 0 Å². The standard InChI is InChI=1S/C18H15O2.C14H13O2.Fe/c1-2-20-18(19)17-12-11-14(13-7-3-4-8-13)15-9-5-6-10-16(15)17;1-2-16-14(15)13-9-7-12(8-10-13)11-5-3-4-6-11;/h3-12H,2H2,1H3;3-10H,2H2,1H3;/q-1;-5;. The largest absolute Gasteiger partial charge is 0.642 e. The van der Waals surface area contributed by atoms with Crippen LogP contribution in [0.25, 0.3) is 33.0 Å². The average Bonchev–Trinajstić information content (AvgIpc) is 3.64. The van der Waals surface area contributed by atoms with Crippen LogP contribution < -0.4 is 0 Å². The summed E-state index contributed by atoms with van der Waals surface area (Å²) in [7, 11) is 0. The van der Waals surface area contributed by atoms with Crippen molar-refractivity contribution in [2.45, 2.75) is 13.8 Å². The Morgan fingerprint density at radius 2 is 1.32 bits per heavy atom. The van der Waals surface area contributed by atoms with Crippen LogP contribution in [0, 0.1) is 0 Å². The molecule has 0 aliphatic heterocycles. The van der Waals surface area contributed by atoms with Crippen LogP contribution in [-0.4, -0.2) is 25.2 Å². The summed E-state index contributed by atoms with van der Waals surface area (Å²) in [5.74, 6) is -0.533. The molecule has 0 aliphatic rings. The minimum Gasteiger partial charge on any atom is -0.642 e. The SMILES string of the molecule is CCOC(=O)c1ccc(-[c-]2[cH-][cH-][cH-][cH-]2)cc1.CCOC(=O)c1ccc(-[c-]2cccc2)c2ccccc12.[Fe]. The summed E-state index contributed by atoms with van der Waals surface area (Å²) >= 11 is 0. The van der Waals surface area contributed by atoms with E-state index in [-0.39, 0.29) is 29.0 Å². The number of benzene rings is 3. The third kappa shape index (κ3) is 6.65. The van der Waals surface area contributed by atoms with E-state index in [0.29, 0.717) is 24.3 Å². The van der Waals surface area contributed by atoms with Crippen LogP contribution in [-0.2, 0) is 26.5 Å². The maximum atomic E-state index is 12.0. The molecule has 194 valence electrons. The second kappa shape index (κ2) is 13.4. The van der Waals surface area contributed by atoms with Gasteiger partial charge in [-0.2, -0.15) is 24.3 Å². The molecule has 5 heteroatoms. The van der Waals surface area contributed by atoms with E-state index in [9.17, 15) is 9.59 Å². The van der Waals surface area contributed by atoms with Gasteiger partial charge in [0, 0.05) is 22.6 Å². The minimum atomic E-state index is -0.267. The van der Waals surface area contributed by atoms with Gasteiger partial charge in [0.2, 0.25) is 0 Å². The fraction of sp³-hybridized carbons (Fsp3) is 0.125. The molecule has 0 aromatic heterocycles. The maximum absolute atomic E-state index is 12.0. The smallest absolute Gasteiger partial charge is 0.337 e. The first-order valence-electron chi connectivity index (χ1n) is 12.0. The normalized spacial score (nSPS) is 10.1. The first kappa shape index (κ1) is 27.7. The summed E-state index contributed by atoms with van der Waals surface area (Å²) in [5.41, 5.74) is 5.79. The molecule has 0 aliphatic carbocycles. The van der Waals surface area contributed by atoms with Crippen LogP contribution in [0.15, 0.2) is 109 Å². The van der Waals surface area contributed by atoms with Gasteiger partial charge < -0.3 is 57.0 Å². The molecule has 0 radical (unpaired) electrons. The number of fused-ring (bicyclic) bond motifs is 1. The molecule has 5 aromatic rings. The van der Waals surface area contributed by atoms with Gasteiger partial charge in [0.25, 0.3) is 0 Å². The van der Waals surface area contributed by atoms with E-state index in [0.717, 1.165) is 33.0 Å². The van der Waals surface area contributed by atoms with Crippen molar-refractivity contribution >= 4 is 22.7 Å². The number of hydrogen-bond donors (Lipinski definition) is 0. The van der Waals surface area contributed by atoms with Crippen molar-refractivity contribution in [2.24, 2.45) is 0 Å². The number of esters is 2. The van der Waals surface area contributed by atoms with Gasteiger partial charge in [0.05, 0.1) is 18.8 Å². The number of carbonyl (C=O) groups excluding carboxylic acids is 2. The monoisotopic (exact) mass is 532 g/mol. The van der Waals surface area contributed by atoms with Gasteiger partial charge >= 0.3 is 11.9 Å². The Hall–Kier alpha value is -3.92. The second-order valence-corrected chi connectivity index (χ2v) is 8.07. The van der Waals surface area contributed by atoms with Crippen LogP contribution in [0.5, 0.6) is 0 Å². The van der Waals surface area contributed by atoms with E-state index in [1.165, 1.54) is 0 Å². The molecular weight excluding hydrogens is 504 g/mol. The number of rotatable bonds is 6. The Kier molecular flexibility index (Phi) is 10.0. The Morgan fingerprint density at radius 3 is 1.95 bits per heavy atom. The van der Waals surface area contributed by atoms with Crippen molar-refractivity contribution in [1.82, 2.24) is 0 Å². The van der Waals surface area contributed by atoms with Gasteiger partial charge in [-0.3, -0.25) is 0 Å². The summed E-state index contributed by atoms with van der Waals surface area (Å²) in [6.07, 6.45) is 0. The second-order valence-electron chi connectivity index (χ2n) is 8.07. The first-order chi connectivity index (χ1) is 17.6. The summed E-state index contributed by atoms with van der Waals surface area (Å²) in [5, 5.41) is 2.01. The van der Waals surface area contributed by atoms with Crippen LogP contribution in [0.2, 0.25) is 0 Å². The van der Waals surface area contributed by atoms with E-state index >= 15 is 0 Å². The summed E-state index contributed by atoms with van der Waals surface area (Å²) in [6.45, 7) is 4.41. The van der Waals surface area contributed by atoms with Gasteiger partial charge in [0.15, 0.2) is 0 Å². The third-order valence-corrected chi connectivity index (χ3v) is 5.79. The van der Waals surface area contributed by atoms with E-state index in [2.05, 4.69) is 12.1 Å². The molecular formula is C32H28FeO4-6. The van der Waals surface area contributed by atoms with Gasteiger partial charge in [-0.1, -0.05) is 41.3 Å². The molecule has 0 amide bonds. The summed E-state index contributed by atoms with van der Waals surface area (Å²) in [4.78, 5) is 23.5. The predicted octanol–water partition coefficient (Wildman–Crippen LogP) is 7.65. The molecule has 0 bridgehead atoms. The van der Waals surface area contributed by atoms with E-state index < -0.39 is 0 Å². The molecule has 0 spiro atoms. The first-order valence-corrected chi connectivity index (χ1v) is 12.0. The van der Waals surface area contributed by atoms with Gasteiger partial charge in [-0.05, 0) is 19.2 Å². The van der Waals surface area contributed by atoms with Crippen molar-refractivity contribution < 1.29 is 36.1 Å². The van der Waals surface area contributed by atoms with Gasteiger partial charge in [-0.25, -0.2) is 9.59 Å². The van der Waals surface area contributed by atoms with Crippen molar-refractivity contribution in [1.29, 1.82) is 0 Å². The van der Waals surface area contributed by atoms with Crippen LogP contribution >= 0.6 is 0 Å². The zero-order valence-electron chi connectivity index (χ0n) is 20.8. The fourth-order valence-electron chi connectivity index (χ4n) is 4.07. The molecule has 0 saturated heterocycles. The molecule has 5 rings (SSSR count). The summed E-state index contributed by atoms with van der Waals surface area (Å²) < 4.78 is 10.0. The number of hydrogen-bond acceptors (Lipinski definition) is 4. The molecule has 0 N–H and O–H groups in total. The average molecular weight is 532 g/mol. The minimum absolute atomic E-state index is 0. The Labute approximate surface area is 228 Å². The van der Waals surface area contributed by atoms with Crippen molar-refractivity contribution in [3.05, 3.63) is 120 Å². The third-order valence-electron chi connectivity index (χ3n) is 5.79. The number of ether oxygens (including phenoxy) is 2. The Balaban J connectivity index is 0.000000205. The molecule has 5 aromatic carbocycles. The van der Waals surface area contributed by atoms with Crippen LogP contribution in [0.3, 0.4) is 0 Å². The quantitative estimate of drug-likeness (QED) is 0.128. The molecule has 0 atom stereocenters. The van der Waals surface area contributed by atoms with Crippen molar-refractivity contribution in [3.63, 3.8) is 0 Å².